The first-order chi connectivity index (χ1) is 13.2. The second-order valence-corrected chi connectivity index (χ2v) is 8.09. The van der Waals surface area contributed by atoms with Gasteiger partial charge in [0.2, 0.25) is 0 Å². The second kappa shape index (κ2) is 9.95. The van der Waals surface area contributed by atoms with Gasteiger partial charge in [0.05, 0.1) is 12.2 Å². The zero-order chi connectivity index (χ0) is 19.1. The van der Waals surface area contributed by atoms with Crippen LogP contribution >= 0.6 is 11.8 Å². The summed E-state index contributed by atoms with van der Waals surface area (Å²) in [6.45, 7) is 6.36. The third kappa shape index (κ3) is 5.14. The Morgan fingerprint density at radius 2 is 1.85 bits per heavy atom. The highest BCUT2D eigenvalue weighted by atomic mass is 32.2. The first kappa shape index (κ1) is 20.0. The monoisotopic (exact) mass is 383 g/mol. The standard InChI is InChI=1S/C23H29NO2S/c1-3-24(21-12-14-27-15-13-21)17-20-16-19(23(25)26-4-2)10-11-22(20)18-8-6-5-7-9-18/h5-11,16,21H,3-4,12-15,17H2,1-2H3. The molecule has 1 saturated heterocycles. The average Bonchev–Trinajstić information content (AvgIpc) is 2.73. The van der Waals surface area contributed by atoms with Crippen molar-refractivity contribution < 1.29 is 9.53 Å². The Morgan fingerprint density at radius 1 is 1.11 bits per heavy atom. The molecule has 2 aromatic carbocycles. The molecule has 3 nitrogen and oxygen atoms in total. The largest absolute Gasteiger partial charge is 0.462 e. The highest BCUT2D eigenvalue weighted by Crippen LogP contribution is 2.29. The first-order valence-electron chi connectivity index (χ1n) is 9.90. The number of hydrogen-bond donors (Lipinski definition) is 0. The van der Waals surface area contributed by atoms with Gasteiger partial charge in [0.15, 0.2) is 0 Å². The molecule has 0 spiro atoms. The molecule has 4 heteroatoms. The Bertz CT molecular complexity index is 741. The summed E-state index contributed by atoms with van der Waals surface area (Å²) in [5, 5.41) is 0. The summed E-state index contributed by atoms with van der Waals surface area (Å²) in [6, 6.07) is 17.1. The number of esters is 1. The van der Waals surface area contributed by atoms with Crippen molar-refractivity contribution in [1.82, 2.24) is 4.90 Å². The van der Waals surface area contributed by atoms with Gasteiger partial charge < -0.3 is 4.74 Å². The Kier molecular flexibility index (Phi) is 7.36. The minimum absolute atomic E-state index is 0.240. The molecule has 0 N–H and O–H groups in total. The molecule has 1 aliphatic heterocycles. The van der Waals surface area contributed by atoms with E-state index in [1.54, 1.807) is 0 Å². The number of hydrogen-bond acceptors (Lipinski definition) is 4. The second-order valence-electron chi connectivity index (χ2n) is 6.87. The van der Waals surface area contributed by atoms with E-state index in [9.17, 15) is 4.79 Å². The SMILES string of the molecule is CCOC(=O)c1ccc(-c2ccccc2)c(CN(CC)C2CCSCC2)c1. The minimum atomic E-state index is -0.240. The molecule has 144 valence electrons. The van der Waals surface area contributed by atoms with E-state index in [2.05, 4.69) is 53.9 Å². The molecular formula is C23H29NO2S. The zero-order valence-electron chi connectivity index (χ0n) is 16.3. The molecule has 0 atom stereocenters. The van der Waals surface area contributed by atoms with Crippen LogP contribution in [0, 0.1) is 0 Å². The number of ether oxygens (including phenoxy) is 1. The fourth-order valence-electron chi connectivity index (χ4n) is 3.73. The van der Waals surface area contributed by atoms with E-state index in [-0.39, 0.29) is 5.97 Å². The Balaban J connectivity index is 1.93. The number of benzene rings is 2. The van der Waals surface area contributed by atoms with Crippen LogP contribution in [0.4, 0.5) is 0 Å². The van der Waals surface area contributed by atoms with Crippen molar-refractivity contribution in [2.45, 2.75) is 39.3 Å². The van der Waals surface area contributed by atoms with Crippen LogP contribution < -0.4 is 0 Å². The van der Waals surface area contributed by atoms with Crippen LogP contribution in [0.2, 0.25) is 0 Å². The number of nitrogens with zero attached hydrogens (tertiary/aromatic N) is 1. The van der Waals surface area contributed by atoms with Gasteiger partial charge in [0.1, 0.15) is 0 Å². The lowest BCUT2D eigenvalue weighted by molar-refractivity contribution is 0.0526. The lowest BCUT2D eigenvalue weighted by atomic mass is 9.96. The summed E-state index contributed by atoms with van der Waals surface area (Å²) in [7, 11) is 0. The van der Waals surface area contributed by atoms with E-state index in [0.717, 1.165) is 13.1 Å². The third-order valence-electron chi connectivity index (χ3n) is 5.19. The zero-order valence-corrected chi connectivity index (χ0v) is 17.1. The van der Waals surface area contributed by atoms with Crippen molar-refractivity contribution >= 4 is 17.7 Å². The first-order valence-corrected chi connectivity index (χ1v) is 11.1. The van der Waals surface area contributed by atoms with Crippen molar-refractivity contribution in [3.63, 3.8) is 0 Å². The number of carbonyl (C=O) groups excluding carboxylic acids is 1. The number of carbonyl (C=O) groups is 1. The quantitative estimate of drug-likeness (QED) is 0.611. The maximum atomic E-state index is 12.3. The lowest BCUT2D eigenvalue weighted by Crippen LogP contribution is -2.37. The molecule has 2 aromatic rings. The van der Waals surface area contributed by atoms with Gasteiger partial charge in [-0.3, -0.25) is 4.90 Å². The van der Waals surface area contributed by atoms with Gasteiger partial charge >= 0.3 is 5.97 Å². The van der Waals surface area contributed by atoms with E-state index >= 15 is 0 Å². The van der Waals surface area contributed by atoms with Crippen LogP contribution in [0.25, 0.3) is 11.1 Å². The van der Waals surface area contributed by atoms with Crippen molar-refractivity contribution in [3.8, 4) is 11.1 Å². The van der Waals surface area contributed by atoms with Crippen molar-refractivity contribution in [2.24, 2.45) is 0 Å². The molecule has 0 saturated carbocycles. The molecule has 0 aromatic heterocycles. The number of rotatable bonds is 7. The Labute approximate surface area is 167 Å². The van der Waals surface area contributed by atoms with E-state index in [0.29, 0.717) is 18.2 Å². The van der Waals surface area contributed by atoms with Crippen molar-refractivity contribution in [3.05, 3.63) is 59.7 Å². The molecule has 27 heavy (non-hydrogen) atoms. The van der Waals surface area contributed by atoms with Gasteiger partial charge in [-0.25, -0.2) is 4.79 Å². The molecule has 1 fully saturated rings. The number of thioether (sulfide) groups is 1. The van der Waals surface area contributed by atoms with E-state index in [1.807, 2.05) is 25.1 Å². The van der Waals surface area contributed by atoms with Gasteiger partial charge in [-0.1, -0.05) is 43.3 Å². The highest BCUT2D eigenvalue weighted by Gasteiger charge is 2.22. The topological polar surface area (TPSA) is 29.5 Å². The minimum Gasteiger partial charge on any atom is -0.462 e. The summed E-state index contributed by atoms with van der Waals surface area (Å²) >= 11 is 2.06. The average molecular weight is 384 g/mol. The summed E-state index contributed by atoms with van der Waals surface area (Å²) in [5.41, 5.74) is 4.24. The van der Waals surface area contributed by atoms with Crippen molar-refractivity contribution in [1.29, 1.82) is 0 Å². The van der Waals surface area contributed by atoms with Gasteiger partial charge in [0.25, 0.3) is 0 Å². The summed E-state index contributed by atoms with van der Waals surface area (Å²) in [4.78, 5) is 14.8. The van der Waals surface area contributed by atoms with Gasteiger partial charge in [-0.2, -0.15) is 11.8 Å². The van der Waals surface area contributed by atoms with Gasteiger partial charge in [-0.15, -0.1) is 0 Å². The molecule has 0 unspecified atom stereocenters. The Hall–Kier alpha value is -1.78. The molecule has 0 bridgehead atoms. The molecule has 0 radical (unpaired) electrons. The summed E-state index contributed by atoms with van der Waals surface area (Å²) in [5.74, 6) is 2.25. The lowest BCUT2D eigenvalue weighted by Gasteiger charge is -2.34. The smallest absolute Gasteiger partial charge is 0.338 e. The van der Waals surface area contributed by atoms with Gasteiger partial charge in [0, 0.05) is 12.6 Å². The fraction of sp³-hybridized carbons (Fsp3) is 0.435. The molecule has 0 amide bonds. The van der Waals surface area contributed by atoms with E-state index in [1.165, 1.54) is 41.0 Å². The van der Waals surface area contributed by atoms with Crippen LogP contribution in [0.1, 0.15) is 42.6 Å². The summed E-state index contributed by atoms with van der Waals surface area (Å²) < 4.78 is 5.22. The van der Waals surface area contributed by atoms with Crippen LogP contribution in [0.5, 0.6) is 0 Å². The van der Waals surface area contributed by atoms with Gasteiger partial charge in [-0.05, 0) is 66.6 Å². The third-order valence-corrected chi connectivity index (χ3v) is 6.24. The predicted octanol–water partition coefficient (Wildman–Crippen LogP) is 5.25. The van der Waals surface area contributed by atoms with Crippen LogP contribution in [-0.2, 0) is 11.3 Å². The molecular weight excluding hydrogens is 354 g/mol. The molecule has 1 aliphatic rings. The van der Waals surface area contributed by atoms with E-state index in [4.69, 9.17) is 4.74 Å². The molecule has 3 rings (SSSR count). The Morgan fingerprint density at radius 3 is 2.52 bits per heavy atom. The van der Waals surface area contributed by atoms with Crippen LogP contribution in [0.15, 0.2) is 48.5 Å². The van der Waals surface area contributed by atoms with Crippen LogP contribution in [0.3, 0.4) is 0 Å². The molecule has 1 heterocycles. The normalized spacial score (nSPS) is 15.1. The summed E-state index contributed by atoms with van der Waals surface area (Å²) in [6.07, 6.45) is 2.49. The maximum absolute atomic E-state index is 12.3. The van der Waals surface area contributed by atoms with E-state index < -0.39 is 0 Å². The highest BCUT2D eigenvalue weighted by molar-refractivity contribution is 7.99. The fourth-order valence-corrected chi connectivity index (χ4v) is 4.82. The maximum Gasteiger partial charge on any atom is 0.338 e. The van der Waals surface area contributed by atoms with Crippen LogP contribution in [-0.4, -0.2) is 41.6 Å². The van der Waals surface area contributed by atoms with Crippen molar-refractivity contribution in [2.75, 3.05) is 24.7 Å². The predicted molar refractivity (Wildman–Crippen MR) is 114 cm³/mol. The molecule has 0 aliphatic carbocycles.